The number of nitrogens with zero attached hydrogens (tertiary/aromatic N) is 2. The van der Waals surface area contributed by atoms with Crippen LogP contribution in [0.4, 0.5) is 0 Å². The van der Waals surface area contributed by atoms with Gasteiger partial charge in [-0.15, -0.1) is 0 Å². The summed E-state index contributed by atoms with van der Waals surface area (Å²) in [5.74, 6) is 0.773. The summed E-state index contributed by atoms with van der Waals surface area (Å²) in [4.78, 5) is 24.2. The van der Waals surface area contributed by atoms with E-state index in [0.717, 1.165) is 16.9 Å². The van der Waals surface area contributed by atoms with Crippen LogP contribution in [0, 0.1) is 6.92 Å². The quantitative estimate of drug-likeness (QED) is 0.557. The second-order valence-electron chi connectivity index (χ2n) is 6.28. The number of hydrogen-bond donors (Lipinski definition) is 1. The van der Waals surface area contributed by atoms with Crippen LogP contribution in [0.1, 0.15) is 12.5 Å². The number of benzene rings is 2. The van der Waals surface area contributed by atoms with Gasteiger partial charge in [0.25, 0.3) is 0 Å². The fourth-order valence-corrected chi connectivity index (χ4v) is 2.78. The predicted molar refractivity (Wildman–Crippen MR) is 107 cm³/mol. The van der Waals surface area contributed by atoms with Gasteiger partial charge in [0, 0.05) is 5.56 Å². The van der Waals surface area contributed by atoms with E-state index in [-0.39, 0.29) is 12.5 Å². The van der Waals surface area contributed by atoms with Gasteiger partial charge in [-0.25, -0.2) is 9.36 Å². The SMILES string of the molecule is CCOc1ccc(OCCNC(=O)Cn2c(-c3ccccc3C)noc2=O)cc1. The van der Waals surface area contributed by atoms with Crippen LogP contribution in [0.15, 0.2) is 57.8 Å². The molecule has 1 amide bonds. The van der Waals surface area contributed by atoms with E-state index in [4.69, 9.17) is 14.0 Å². The van der Waals surface area contributed by atoms with E-state index in [1.165, 1.54) is 4.57 Å². The first kappa shape index (κ1) is 20.2. The molecule has 1 aromatic heterocycles. The highest BCUT2D eigenvalue weighted by Gasteiger charge is 2.16. The molecule has 1 N–H and O–H groups in total. The highest BCUT2D eigenvalue weighted by atomic mass is 16.5. The van der Waals surface area contributed by atoms with E-state index in [2.05, 4.69) is 10.5 Å². The van der Waals surface area contributed by atoms with Gasteiger partial charge in [-0.1, -0.05) is 29.4 Å². The number of aromatic nitrogens is 2. The van der Waals surface area contributed by atoms with Crippen molar-refractivity contribution in [2.45, 2.75) is 20.4 Å². The summed E-state index contributed by atoms with van der Waals surface area (Å²) in [5.41, 5.74) is 1.67. The fourth-order valence-electron chi connectivity index (χ4n) is 2.78. The van der Waals surface area contributed by atoms with Crippen molar-refractivity contribution in [1.29, 1.82) is 0 Å². The molecule has 2 aromatic carbocycles. The largest absolute Gasteiger partial charge is 0.494 e. The number of carbonyl (C=O) groups excluding carboxylic acids is 1. The number of ether oxygens (including phenoxy) is 2. The standard InChI is InChI=1S/C21H23N3O5/c1-3-27-16-8-10-17(11-9-16)28-13-12-22-19(25)14-24-20(23-29-21(24)26)18-7-5-4-6-15(18)2/h4-11H,3,12-14H2,1-2H3,(H,22,25). The average Bonchev–Trinajstić information content (AvgIpc) is 3.07. The van der Waals surface area contributed by atoms with Crippen molar-refractivity contribution in [3.63, 3.8) is 0 Å². The summed E-state index contributed by atoms with van der Waals surface area (Å²) in [6.45, 7) is 4.83. The maximum atomic E-state index is 12.2. The molecular weight excluding hydrogens is 374 g/mol. The predicted octanol–water partition coefficient (Wildman–Crippen LogP) is 2.41. The summed E-state index contributed by atoms with van der Waals surface area (Å²) in [7, 11) is 0. The molecule has 0 bridgehead atoms. The van der Waals surface area contributed by atoms with Crippen molar-refractivity contribution in [3.8, 4) is 22.9 Å². The van der Waals surface area contributed by atoms with Crippen LogP contribution in [-0.4, -0.2) is 35.4 Å². The Labute approximate surface area is 168 Å². The third kappa shape index (κ3) is 5.25. The molecule has 29 heavy (non-hydrogen) atoms. The molecule has 0 aliphatic carbocycles. The zero-order valence-corrected chi connectivity index (χ0v) is 16.4. The third-order valence-electron chi connectivity index (χ3n) is 4.20. The molecule has 3 rings (SSSR count). The van der Waals surface area contributed by atoms with E-state index >= 15 is 0 Å². The van der Waals surface area contributed by atoms with Gasteiger partial charge in [0.15, 0.2) is 5.82 Å². The molecule has 152 valence electrons. The molecule has 0 aliphatic rings. The van der Waals surface area contributed by atoms with Gasteiger partial charge in [-0.2, -0.15) is 0 Å². The lowest BCUT2D eigenvalue weighted by Crippen LogP contribution is -2.33. The van der Waals surface area contributed by atoms with Gasteiger partial charge >= 0.3 is 5.76 Å². The Kier molecular flexibility index (Phi) is 6.67. The molecular formula is C21H23N3O5. The molecule has 8 heteroatoms. The molecule has 8 nitrogen and oxygen atoms in total. The van der Waals surface area contributed by atoms with E-state index < -0.39 is 5.76 Å². The normalized spacial score (nSPS) is 10.6. The minimum Gasteiger partial charge on any atom is -0.494 e. The molecule has 0 spiro atoms. The molecule has 3 aromatic rings. The monoisotopic (exact) mass is 397 g/mol. The fraction of sp³-hybridized carbons (Fsp3) is 0.286. The van der Waals surface area contributed by atoms with Crippen LogP contribution in [0.25, 0.3) is 11.4 Å². The topological polar surface area (TPSA) is 95.6 Å². The highest BCUT2D eigenvalue weighted by Crippen LogP contribution is 2.20. The maximum absolute atomic E-state index is 12.2. The molecule has 0 saturated carbocycles. The van der Waals surface area contributed by atoms with E-state index in [9.17, 15) is 9.59 Å². The van der Waals surface area contributed by atoms with Crippen LogP contribution in [-0.2, 0) is 11.3 Å². The Bertz CT molecular complexity index is 1010. The van der Waals surface area contributed by atoms with Gasteiger partial charge in [0.2, 0.25) is 5.91 Å². The first-order valence-electron chi connectivity index (χ1n) is 9.33. The first-order chi connectivity index (χ1) is 14.1. The number of nitrogens with one attached hydrogen (secondary N) is 1. The van der Waals surface area contributed by atoms with Gasteiger partial charge < -0.3 is 14.8 Å². The van der Waals surface area contributed by atoms with Crippen LogP contribution < -0.4 is 20.5 Å². The Hall–Kier alpha value is -3.55. The van der Waals surface area contributed by atoms with Crippen LogP contribution in [0.5, 0.6) is 11.5 Å². The lowest BCUT2D eigenvalue weighted by Gasteiger charge is -2.10. The highest BCUT2D eigenvalue weighted by molar-refractivity contribution is 5.76. The van der Waals surface area contributed by atoms with Gasteiger partial charge in [-0.05, 0) is 43.7 Å². The molecule has 1 heterocycles. The number of rotatable bonds is 9. The van der Waals surface area contributed by atoms with Crippen molar-refractivity contribution in [1.82, 2.24) is 15.0 Å². The van der Waals surface area contributed by atoms with E-state index in [0.29, 0.717) is 31.3 Å². The Balaban J connectivity index is 1.52. The van der Waals surface area contributed by atoms with Crippen molar-refractivity contribution in [2.24, 2.45) is 0 Å². The van der Waals surface area contributed by atoms with Crippen LogP contribution >= 0.6 is 0 Å². The number of amides is 1. The minimum atomic E-state index is -0.677. The van der Waals surface area contributed by atoms with Crippen LogP contribution in [0.2, 0.25) is 0 Å². The summed E-state index contributed by atoms with van der Waals surface area (Å²) in [5, 5.41) is 6.54. The van der Waals surface area contributed by atoms with E-state index in [1.807, 2.05) is 50.2 Å². The Morgan fingerprint density at radius 1 is 1.10 bits per heavy atom. The molecule has 0 unspecified atom stereocenters. The molecule has 0 radical (unpaired) electrons. The first-order valence-corrected chi connectivity index (χ1v) is 9.33. The van der Waals surface area contributed by atoms with Crippen molar-refractivity contribution in [2.75, 3.05) is 19.8 Å². The number of carbonyl (C=O) groups is 1. The minimum absolute atomic E-state index is 0.185. The molecule has 0 saturated heterocycles. The maximum Gasteiger partial charge on any atom is 0.442 e. The Morgan fingerprint density at radius 2 is 1.79 bits per heavy atom. The second kappa shape index (κ2) is 9.59. The lowest BCUT2D eigenvalue weighted by molar-refractivity contribution is -0.121. The number of hydrogen-bond acceptors (Lipinski definition) is 6. The third-order valence-corrected chi connectivity index (χ3v) is 4.20. The zero-order valence-electron chi connectivity index (χ0n) is 16.4. The summed E-state index contributed by atoms with van der Waals surface area (Å²) in [6, 6.07) is 14.7. The summed E-state index contributed by atoms with van der Waals surface area (Å²) in [6.07, 6.45) is 0. The number of aryl methyl sites for hydroxylation is 1. The van der Waals surface area contributed by atoms with Crippen molar-refractivity contribution in [3.05, 3.63) is 64.6 Å². The average molecular weight is 397 g/mol. The van der Waals surface area contributed by atoms with Crippen LogP contribution in [0.3, 0.4) is 0 Å². The Morgan fingerprint density at radius 3 is 2.48 bits per heavy atom. The second-order valence-corrected chi connectivity index (χ2v) is 6.28. The van der Waals surface area contributed by atoms with Gasteiger partial charge in [0.05, 0.1) is 13.2 Å². The van der Waals surface area contributed by atoms with Gasteiger partial charge in [0.1, 0.15) is 24.7 Å². The van der Waals surface area contributed by atoms with Crippen molar-refractivity contribution >= 4 is 5.91 Å². The smallest absolute Gasteiger partial charge is 0.442 e. The summed E-state index contributed by atoms with van der Waals surface area (Å²) < 4.78 is 16.9. The zero-order chi connectivity index (χ0) is 20.6. The van der Waals surface area contributed by atoms with E-state index in [1.54, 1.807) is 12.1 Å². The van der Waals surface area contributed by atoms with Crippen molar-refractivity contribution < 1.29 is 18.8 Å². The lowest BCUT2D eigenvalue weighted by atomic mass is 10.1. The van der Waals surface area contributed by atoms with Gasteiger partial charge in [-0.3, -0.25) is 9.32 Å². The molecule has 0 atom stereocenters. The molecule has 0 aliphatic heterocycles. The molecule has 0 fully saturated rings. The summed E-state index contributed by atoms with van der Waals surface area (Å²) >= 11 is 0.